The van der Waals surface area contributed by atoms with E-state index in [-0.39, 0.29) is 5.91 Å². The summed E-state index contributed by atoms with van der Waals surface area (Å²) in [6, 6.07) is 13.3. The molecule has 0 fully saturated rings. The Hall–Kier alpha value is -2.14. The number of nitrogens with one attached hydrogen (secondary N) is 2. The van der Waals surface area contributed by atoms with E-state index in [1.54, 1.807) is 6.07 Å². The van der Waals surface area contributed by atoms with Crippen LogP contribution in [-0.4, -0.2) is 16.1 Å². The van der Waals surface area contributed by atoms with Crippen LogP contribution < -0.4 is 5.32 Å². The Bertz CT molecular complexity index is 795. The molecule has 20 heavy (non-hydrogen) atoms. The number of para-hydroxylation sites is 1. The fourth-order valence-corrected chi connectivity index (χ4v) is 2.50. The number of fused-ring (bicyclic) bond motifs is 1. The van der Waals surface area contributed by atoms with Crippen LogP contribution in [-0.2, 0) is 0 Å². The van der Waals surface area contributed by atoms with E-state index in [9.17, 15) is 4.79 Å². The summed E-state index contributed by atoms with van der Waals surface area (Å²) in [6.07, 6.45) is 0. The van der Waals surface area contributed by atoms with Crippen molar-refractivity contribution in [1.82, 2.24) is 10.2 Å². The zero-order valence-electron chi connectivity index (χ0n) is 10.8. The normalized spacial score (nSPS) is 10.7. The number of hydrogen-bond donors (Lipinski definition) is 2. The van der Waals surface area contributed by atoms with E-state index >= 15 is 0 Å². The average Bonchev–Trinajstić information content (AvgIpc) is 2.85. The van der Waals surface area contributed by atoms with Gasteiger partial charge in [-0.3, -0.25) is 9.89 Å². The van der Waals surface area contributed by atoms with Gasteiger partial charge in [-0.15, -0.1) is 0 Å². The number of hydrogen-bond acceptors (Lipinski definition) is 2. The van der Waals surface area contributed by atoms with Crippen LogP contribution in [0.5, 0.6) is 0 Å². The topological polar surface area (TPSA) is 57.8 Å². The highest BCUT2D eigenvalue weighted by atomic mass is 79.9. The summed E-state index contributed by atoms with van der Waals surface area (Å²) in [5.41, 5.74) is 2.51. The highest BCUT2D eigenvalue weighted by Gasteiger charge is 2.14. The first-order valence-corrected chi connectivity index (χ1v) is 6.95. The molecule has 3 rings (SSSR count). The van der Waals surface area contributed by atoms with Crippen molar-refractivity contribution in [3.05, 3.63) is 58.1 Å². The van der Waals surface area contributed by atoms with Crippen LogP contribution in [0.15, 0.2) is 46.9 Å². The molecule has 2 aromatic carbocycles. The summed E-state index contributed by atoms with van der Waals surface area (Å²) < 4.78 is 0.803. The number of rotatable bonds is 2. The van der Waals surface area contributed by atoms with E-state index < -0.39 is 0 Å². The summed E-state index contributed by atoms with van der Waals surface area (Å²) in [7, 11) is 0. The smallest absolute Gasteiger partial charge is 0.258 e. The lowest BCUT2D eigenvalue weighted by molar-refractivity contribution is 0.102. The largest absolute Gasteiger partial charge is 0.305 e. The molecule has 0 atom stereocenters. The lowest BCUT2D eigenvalue weighted by Gasteiger charge is -2.06. The number of H-pyrrole nitrogens is 1. The third-order valence-electron chi connectivity index (χ3n) is 3.14. The van der Waals surface area contributed by atoms with Crippen LogP contribution in [0, 0.1) is 6.92 Å². The number of nitrogens with zero attached hydrogens (tertiary/aromatic N) is 1. The van der Waals surface area contributed by atoms with Crippen molar-refractivity contribution in [3.63, 3.8) is 0 Å². The predicted octanol–water partition coefficient (Wildman–Crippen LogP) is 3.89. The maximum atomic E-state index is 12.3. The average molecular weight is 330 g/mol. The SMILES string of the molecule is Cc1cccc(C(=O)Nc2n[nH]c3ccccc23)c1Br. The third-order valence-corrected chi connectivity index (χ3v) is 4.19. The van der Waals surface area contributed by atoms with Crippen molar-refractivity contribution in [1.29, 1.82) is 0 Å². The first-order valence-electron chi connectivity index (χ1n) is 6.16. The monoisotopic (exact) mass is 329 g/mol. The molecule has 1 heterocycles. The lowest BCUT2D eigenvalue weighted by Crippen LogP contribution is -2.13. The van der Waals surface area contributed by atoms with E-state index in [2.05, 4.69) is 31.4 Å². The van der Waals surface area contributed by atoms with Gasteiger partial charge in [0.2, 0.25) is 0 Å². The summed E-state index contributed by atoms with van der Waals surface area (Å²) in [6.45, 7) is 1.95. The number of aromatic nitrogens is 2. The van der Waals surface area contributed by atoms with E-state index in [1.807, 2.05) is 43.3 Å². The molecule has 3 aromatic rings. The fraction of sp³-hybridized carbons (Fsp3) is 0.0667. The molecule has 5 heteroatoms. The molecular formula is C15H12BrN3O. The molecule has 0 radical (unpaired) electrons. The number of carbonyl (C=O) groups is 1. The van der Waals surface area contributed by atoms with Gasteiger partial charge in [-0.05, 0) is 46.6 Å². The van der Waals surface area contributed by atoms with Gasteiger partial charge in [0.1, 0.15) is 0 Å². The number of amides is 1. The van der Waals surface area contributed by atoms with Crippen LogP contribution in [0.1, 0.15) is 15.9 Å². The second-order valence-electron chi connectivity index (χ2n) is 4.51. The van der Waals surface area contributed by atoms with Crippen LogP contribution in [0.25, 0.3) is 10.9 Å². The molecular weight excluding hydrogens is 318 g/mol. The molecule has 0 aliphatic carbocycles. The van der Waals surface area contributed by atoms with Crippen molar-refractivity contribution in [2.24, 2.45) is 0 Å². The van der Waals surface area contributed by atoms with Gasteiger partial charge in [0, 0.05) is 9.86 Å². The highest BCUT2D eigenvalue weighted by Crippen LogP contribution is 2.24. The fourth-order valence-electron chi connectivity index (χ4n) is 2.06. The molecule has 0 saturated heterocycles. The Morgan fingerprint density at radius 2 is 2.00 bits per heavy atom. The van der Waals surface area contributed by atoms with Crippen molar-refractivity contribution < 1.29 is 4.79 Å². The van der Waals surface area contributed by atoms with Crippen molar-refractivity contribution in [3.8, 4) is 0 Å². The Morgan fingerprint density at radius 1 is 1.20 bits per heavy atom. The molecule has 0 saturated carbocycles. The van der Waals surface area contributed by atoms with Gasteiger partial charge in [-0.1, -0.05) is 24.3 Å². The zero-order valence-corrected chi connectivity index (χ0v) is 12.4. The van der Waals surface area contributed by atoms with Crippen LogP contribution in [0.3, 0.4) is 0 Å². The number of aromatic amines is 1. The van der Waals surface area contributed by atoms with Crippen molar-refractivity contribution in [2.75, 3.05) is 5.32 Å². The molecule has 1 amide bonds. The van der Waals surface area contributed by atoms with Crippen LogP contribution >= 0.6 is 15.9 Å². The molecule has 4 nitrogen and oxygen atoms in total. The number of benzene rings is 2. The van der Waals surface area contributed by atoms with E-state index in [1.165, 1.54) is 0 Å². The van der Waals surface area contributed by atoms with Gasteiger partial charge < -0.3 is 5.32 Å². The molecule has 0 spiro atoms. The minimum absolute atomic E-state index is 0.183. The van der Waals surface area contributed by atoms with Crippen LogP contribution in [0.2, 0.25) is 0 Å². The Morgan fingerprint density at radius 3 is 2.85 bits per heavy atom. The van der Waals surface area contributed by atoms with Gasteiger partial charge in [0.05, 0.1) is 11.1 Å². The number of halogens is 1. The molecule has 1 aromatic heterocycles. The van der Waals surface area contributed by atoms with Gasteiger partial charge >= 0.3 is 0 Å². The maximum Gasteiger partial charge on any atom is 0.258 e. The summed E-state index contributed by atoms with van der Waals surface area (Å²) in [5, 5.41) is 10.8. The first kappa shape index (κ1) is 12.9. The predicted molar refractivity (Wildman–Crippen MR) is 82.9 cm³/mol. The zero-order chi connectivity index (χ0) is 14.1. The lowest BCUT2D eigenvalue weighted by atomic mass is 10.1. The van der Waals surface area contributed by atoms with Gasteiger partial charge in [-0.2, -0.15) is 5.10 Å². The third kappa shape index (κ3) is 2.20. The van der Waals surface area contributed by atoms with Crippen molar-refractivity contribution in [2.45, 2.75) is 6.92 Å². The maximum absolute atomic E-state index is 12.3. The van der Waals surface area contributed by atoms with Gasteiger partial charge in [0.15, 0.2) is 5.82 Å². The van der Waals surface area contributed by atoms with E-state index in [0.717, 1.165) is 20.9 Å². The minimum atomic E-state index is -0.183. The van der Waals surface area contributed by atoms with Gasteiger partial charge in [-0.25, -0.2) is 0 Å². The summed E-state index contributed by atoms with van der Waals surface area (Å²) in [4.78, 5) is 12.3. The van der Waals surface area contributed by atoms with E-state index in [0.29, 0.717) is 11.4 Å². The Balaban J connectivity index is 1.95. The molecule has 100 valence electrons. The quantitative estimate of drug-likeness (QED) is 0.749. The number of carbonyl (C=O) groups excluding carboxylic acids is 1. The second-order valence-corrected chi connectivity index (χ2v) is 5.30. The second kappa shape index (κ2) is 5.09. The standard InChI is InChI=1S/C15H12BrN3O/c1-9-5-4-7-11(13(9)16)15(20)17-14-10-6-2-3-8-12(10)18-19-14/h2-8H,1H3,(H2,17,18,19,20). The molecule has 0 aliphatic heterocycles. The number of aryl methyl sites for hydroxylation is 1. The number of anilines is 1. The summed E-state index contributed by atoms with van der Waals surface area (Å²) in [5.74, 6) is 0.358. The Kier molecular flexibility index (Phi) is 3.28. The molecule has 0 bridgehead atoms. The summed E-state index contributed by atoms with van der Waals surface area (Å²) >= 11 is 3.45. The Labute approximate surface area is 124 Å². The molecule has 0 aliphatic rings. The van der Waals surface area contributed by atoms with E-state index in [4.69, 9.17) is 0 Å². The first-order chi connectivity index (χ1) is 9.66. The highest BCUT2D eigenvalue weighted by molar-refractivity contribution is 9.10. The van der Waals surface area contributed by atoms with Crippen molar-refractivity contribution >= 4 is 38.6 Å². The minimum Gasteiger partial charge on any atom is -0.305 e. The molecule has 0 unspecified atom stereocenters. The van der Waals surface area contributed by atoms with Crippen LogP contribution in [0.4, 0.5) is 5.82 Å². The molecule has 2 N–H and O–H groups in total. The van der Waals surface area contributed by atoms with Gasteiger partial charge in [0.25, 0.3) is 5.91 Å².